The van der Waals surface area contributed by atoms with Crippen molar-refractivity contribution in [3.8, 4) is 0 Å². The molecule has 1 saturated heterocycles. The number of carbonyl (C=O) groups is 1. The topological polar surface area (TPSA) is 72.8 Å². The number of carbonyl (C=O) groups excluding carboxylic acids is 1. The minimum absolute atomic E-state index is 0.0365. The van der Waals surface area contributed by atoms with Gasteiger partial charge in [0.05, 0.1) is 18.9 Å². The monoisotopic (exact) mass is 324 g/mol. The van der Waals surface area contributed by atoms with Crippen LogP contribution in [0.15, 0.2) is 10.8 Å². The molecule has 0 aromatic carbocycles. The molecule has 1 saturated carbocycles. The van der Waals surface area contributed by atoms with Crippen molar-refractivity contribution in [2.75, 3.05) is 31.6 Å². The number of likely N-dealkylation sites (tertiary alicyclic amines) is 1. The molecule has 2 aliphatic rings. The number of aryl methyl sites for hydroxylation is 1. The lowest BCUT2D eigenvalue weighted by Gasteiger charge is -2.46. The van der Waals surface area contributed by atoms with Crippen LogP contribution in [-0.2, 0) is 0 Å². The first-order valence-corrected chi connectivity index (χ1v) is 8.81. The molecule has 1 aliphatic carbocycles. The highest BCUT2D eigenvalue weighted by molar-refractivity contribution is 7.08. The van der Waals surface area contributed by atoms with Crippen LogP contribution >= 0.6 is 11.3 Å². The fraction of sp³-hybridized carbons (Fsp3) is 0.688. The first-order chi connectivity index (χ1) is 10.6. The average Bonchev–Trinajstić information content (AvgIpc) is 3.09. The van der Waals surface area contributed by atoms with Crippen LogP contribution in [0.3, 0.4) is 0 Å². The molecule has 22 heavy (non-hydrogen) atoms. The molecule has 2 fully saturated rings. The predicted octanol–water partition coefficient (Wildman–Crippen LogP) is 2.44. The number of fused-ring (bicyclic) bond motifs is 1. The number of hydrogen-bond acceptors (Lipinski definition) is 4. The number of aliphatic hydroxyl groups excluding tert-OH is 2. The fourth-order valence-corrected chi connectivity index (χ4v) is 4.94. The molecule has 2 amide bonds. The molecule has 2 atom stereocenters. The van der Waals surface area contributed by atoms with E-state index in [0.717, 1.165) is 36.9 Å². The predicted molar refractivity (Wildman–Crippen MR) is 87.2 cm³/mol. The third-order valence-electron chi connectivity index (χ3n) is 5.66. The number of thiophene rings is 1. The van der Waals surface area contributed by atoms with Crippen molar-refractivity contribution in [1.29, 1.82) is 0 Å². The van der Waals surface area contributed by atoms with E-state index in [1.807, 2.05) is 17.7 Å². The first kappa shape index (κ1) is 15.8. The smallest absolute Gasteiger partial charge is 0.321 e. The lowest BCUT2D eigenvalue weighted by molar-refractivity contribution is -0.0490. The first-order valence-electron chi connectivity index (χ1n) is 7.86. The van der Waals surface area contributed by atoms with Crippen LogP contribution in [0.5, 0.6) is 0 Å². The summed E-state index contributed by atoms with van der Waals surface area (Å²) in [5.74, 6) is 0. The van der Waals surface area contributed by atoms with E-state index in [2.05, 4.69) is 5.32 Å². The van der Waals surface area contributed by atoms with Gasteiger partial charge in [0, 0.05) is 29.3 Å². The maximum atomic E-state index is 12.6. The van der Waals surface area contributed by atoms with Gasteiger partial charge in [-0.25, -0.2) is 4.79 Å². The quantitative estimate of drug-likeness (QED) is 0.799. The van der Waals surface area contributed by atoms with Gasteiger partial charge in [0.2, 0.25) is 0 Å². The maximum Gasteiger partial charge on any atom is 0.321 e. The Hall–Kier alpha value is -1.11. The van der Waals surface area contributed by atoms with E-state index in [9.17, 15) is 15.0 Å². The summed E-state index contributed by atoms with van der Waals surface area (Å²) in [6, 6.07) is -0.128. The third-order valence-corrected chi connectivity index (χ3v) is 6.52. The van der Waals surface area contributed by atoms with Crippen molar-refractivity contribution >= 4 is 23.1 Å². The molecule has 3 rings (SSSR count). The van der Waals surface area contributed by atoms with Crippen molar-refractivity contribution < 1.29 is 15.0 Å². The van der Waals surface area contributed by atoms with Gasteiger partial charge in [-0.3, -0.25) is 0 Å². The molecular formula is C16H24N2O3S. The van der Waals surface area contributed by atoms with Gasteiger partial charge < -0.3 is 20.4 Å². The van der Waals surface area contributed by atoms with Gasteiger partial charge in [0.25, 0.3) is 0 Å². The third kappa shape index (κ3) is 2.33. The van der Waals surface area contributed by atoms with Crippen LogP contribution in [0.1, 0.15) is 31.2 Å². The Labute approximate surface area is 134 Å². The van der Waals surface area contributed by atoms with Gasteiger partial charge in [-0.05, 0) is 30.7 Å². The highest BCUT2D eigenvalue weighted by Crippen LogP contribution is 2.55. The van der Waals surface area contributed by atoms with Crippen molar-refractivity contribution in [2.45, 2.75) is 32.6 Å². The molecule has 5 nitrogen and oxygen atoms in total. The number of rotatable bonds is 3. The van der Waals surface area contributed by atoms with E-state index in [1.54, 1.807) is 16.2 Å². The van der Waals surface area contributed by atoms with Crippen LogP contribution < -0.4 is 5.32 Å². The van der Waals surface area contributed by atoms with Crippen molar-refractivity contribution in [1.82, 2.24) is 4.90 Å². The van der Waals surface area contributed by atoms with Crippen LogP contribution in [0.2, 0.25) is 0 Å². The normalized spacial score (nSPS) is 31.1. The van der Waals surface area contributed by atoms with Gasteiger partial charge in [-0.1, -0.05) is 12.8 Å². The fourth-order valence-electron chi connectivity index (χ4n) is 4.16. The van der Waals surface area contributed by atoms with Crippen molar-refractivity contribution in [3.63, 3.8) is 0 Å². The summed E-state index contributed by atoms with van der Waals surface area (Å²) in [5, 5.41) is 26.9. The number of aliphatic hydroxyl groups is 2. The van der Waals surface area contributed by atoms with E-state index >= 15 is 0 Å². The Morgan fingerprint density at radius 2 is 1.82 bits per heavy atom. The van der Waals surface area contributed by atoms with Crippen LogP contribution in [0.4, 0.5) is 10.5 Å². The SMILES string of the molecule is Cc1cscc1NC(=O)N1C[C@]2(CO)CCCC[C@]2(CO)C1. The molecule has 1 aromatic rings. The van der Waals surface area contributed by atoms with E-state index in [0.29, 0.717) is 13.1 Å². The Morgan fingerprint density at radius 3 is 2.27 bits per heavy atom. The van der Waals surface area contributed by atoms with E-state index in [1.165, 1.54) is 0 Å². The van der Waals surface area contributed by atoms with Crippen LogP contribution in [-0.4, -0.2) is 47.4 Å². The number of anilines is 1. The zero-order valence-electron chi connectivity index (χ0n) is 13.0. The Balaban J connectivity index is 1.79. The molecule has 0 bridgehead atoms. The van der Waals surface area contributed by atoms with E-state index in [4.69, 9.17) is 0 Å². The number of nitrogens with one attached hydrogen (secondary N) is 1. The second-order valence-electron chi connectivity index (χ2n) is 6.84. The van der Waals surface area contributed by atoms with Crippen LogP contribution in [0.25, 0.3) is 0 Å². The largest absolute Gasteiger partial charge is 0.396 e. The van der Waals surface area contributed by atoms with E-state index < -0.39 is 0 Å². The molecule has 2 heterocycles. The summed E-state index contributed by atoms with van der Waals surface area (Å²) in [5.41, 5.74) is 1.21. The minimum atomic E-state index is -0.346. The number of urea groups is 1. The Bertz CT molecular complexity index is 539. The highest BCUT2D eigenvalue weighted by atomic mass is 32.1. The summed E-state index contributed by atoms with van der Waals surface area (Å²) in [4.78, 5) is 14.4. The van der Waals surface area contributed by atoms with Gasteiger partial charge in [0.15, 0.2) is 0 Å². The second-order valence-corrected chi connectivity index (χ2v) is 7.58. The maximum absolute atomic E-state index is 12.6. The molecule has 0 radical (unpaired) electrons. The molecular weight excluding hydrogens is 300 g/mol. The van der Waals surface area contributed by atoms with Gasteiger partial charge >= 0.3 is 6.03 Å². The van der Waals surface area contributed by atoms with Gasteiger partial charge in [0.1, 0.15) is 0 Å². The van der Waals surface area contributed by atoms with E-state index in [-0.39, 0.29) is 30.1 Å². The van der Waals surface area contributed by atoms with Crippen LogP contribution in [0, 0.1) is 17.8 Å². The molecule has 1 aliphatic heterocycles. The number of amides is 2. The van der Waals surface area contributed by atoms with Gasteiger partial charge in [-0.15, -0.1) is 11.3 Å². The molecule has 1 aromatic heterocycles. The molecule has 0 spiro atoms. The Kier molecular flexibility index (Phi) is 4.18. The summed E-state index contributed by atoms with van der Waals surface area (Å²) < 4.78 is 0. The lowest BCUT2D eigenvalue weighted by Crippen LogP contribution is -2.48. The molecule has 0 unspecified atom stereocenters. The average molecular weight is 324 g/mol. The lowest BCUT2D eigenvalue weighted by atomic mass is 9.58. The Morgan fingerprint density at radius 1 is 1.23 bits per heavy atom. The minimum Gasteiger partial charge on any atom is -0.396 e. The highest BCUT2D eigenvalue weighted by Gasteiger charge is 2.58. The number of hydrogen-bond donors (Lipinski definition) is 3. The summed E-state index contributed by atoms with van der Waals surface area (Å²) >= 11 is 1.57. The molecule has 6 heteroatoms. The van der Waals surface area contributed by atoms with Crippen molar-refractivity contribution in [2.24, 2.45) is 10.8 Å². The zero-order valence-corrected chi connectivity index (χ0v) is 13.8. The summed E-state index contributed by atoms with van der Waals surface area (Å²) in [7, 11) is 0. The molecule has 122 valence electrons. The van der Waals surface area contributed by atoms with Gasteiger partial charge in [-0.2, -0.15) is 0 Å². The summed E-state index contributed by atoms with van der Waals surface area (Å²) in [6.07, 6.45) is 3.87. The summed E-state index contributed by atoms with van der Waals surface area (Å²) in [6.45, 7) is 3.10. The molecule has 3 N–H and O–H groups in total. The number of nitrogens with zero attached hydrogens (tertiary/aromatic N) is 1. The zero-order chi connectivity index (χ0) is 15.8. The standard InChI is InChI=1S/C16H24N2O3S/c1-12-6-22-7-13(12)17-14(21)18-8-15(10-19)4-2-3-5-16(15,9-18)11-20/h6-7,19-20H,2-5,8-11H2,1H3,(H,17,21)/t15-,16+. The van der Waals surface area contributed by atoms with Crippen molar-refractivity contribution in [3.05, 3.63) is 16.3 Å². The second kappa shape index (κ2) is 5.83.